The Morgan fingerprint density at radius 3 is 2.19 bits per heavy atom. The smallest absolute Gasteiger partial charge is 0.326 e. The van der Waals surface area contributed by atoms with Crippen molar-refractivity contribution in [3.8, 4) is 0 Å². The fourth-order valence-electron chi connectivity index (χ4n) is 2.71. The molecule has 2 aliphatic carbocycles. The predicted octanol–water partition coefficient (Wildman–Crippen LogP) is 1.26. The standard InChI is InChI=1S/C12H19NO3/c1-6(2)10(12(15)16)13-11(14)9-4-7-3-8(7)5-9/h6-10H,3-5H2,1-2H3,(H,13,14)(H,15,16)/t7?,8?,9?,10-/m1/s1. The lowest BCUT2D eigenvalue weighted by molar-refractivity contribution is -0.143. The SMILES string of the molecule is CC(C)[C@@H](NC(=O)C1CC2CC2C1)C(=O)O. The lowest BCUT2D eigenvalue weighted by atomic mass is 9.99. The first-order valence-electron chi connectivity index (χ1n) is 6.02. The number of carboxylic acids is 1. The van der Waals surface area contributed by atoms with Gasteiger partial charge in [0.25, 0.3) is 0 Å². The molecule has 0 aromatic rings. The molecule has 2 fully saturated rings. The summed E-state index contributed by atoms with van der Waals surface area (Å²) in [5.41, 5.74) is 0. The maximum absolute atomic E-state index is 11.9. The van der Waals surface area contributed by atoms with Crippen molar-refractivity contribution in [3.63, 3.8) is 0 Å². The molecule has 4 heteroatoms. The molecule has 0 radical (unpaired) electrons. The summed E-state index contributed by atoms with van der Waals surface area (Å²) in [7, 11) is 0. The number of rotatable bonds is 4. The molecule has 0 aromatic carbocycles. The van der Waals surface area contributed by atoms with Crippen molar-refractivity contribution >= 4 is 11.9 Å². The maximum atomic E-state index is 11.9. The van der Waals surface area contributed by atoms with E-state index in [1.165, 1.54) is 6.42 Å². The van der Waals surface area contributed by atoms with Crippen LogP contribution in [0, 0.1) is 23.7 Å². The van der Waals surface area contributed by atoms with Gasteiger partial charge in [0.2, 0.25) is 5.91 Å². The molecule has 0 aliphatic heterocycles. The molecule has 0 saturated heterocycles. The zero-order chi connectivity index (χ0) is 11.9. The van der Waals surface area contributed by atoms with Crippen LogP contribution < -0.4 is 5.32 Å². The molecule has 0 bridgehead atoms. The summed E-state index contributed by atoms with van der Waals surface area (Å²) in [5, 5.41) is 11.6. The zero-order valence-corrected chi connectivity index (χ0v) is 9.77. The Bertz CT molecular complexity index is 303. The van der Waals surface area contributed by atoms with Crippen LogP contribution in [0.1, 0.15) is 33.1 Å². The molecular formula is C12H19NO3. The minimum absolute atomic E-state index is 0.0596. The van der Waals surface area contributed by atoms with Crippen LogP contribution in [0.15, 0.2) is 0 Å². The monoisotopic (exact) mass is 225 g/mol. The van der Waals surface area contributed by atoms with Crippen molar-refractivity contribution in [1.82, 2.24) is 5.32 Å². The van der Waals surface area contributed by atoms with Gasteiger partial charge in [0.1, 0.15) is 6.04 Å². The van der Waals surface area contributed by atoms with E-state index in [9.17, 15) is 9.59 Å². The third-order valence-electron chi connectivity index (χ3n) is 3.84. The summed E-state index contributed by atoms with van der Waals surface area (Å²) < 4.78 is 0. The van der Waals surface area contributed by atoms with Crippen molar-refractivity contribution < 1.29 is 14.7 Å². The van der Waals surface area contributed by atoms with Crippen LogP contribution >= 0.6 is 0 Å². The molecule has 16 heavy (non-hydrogen) atoms. The second kappa shape index (κ2) is 4.07. The summed E-state index contributed by atoms with van der Waals surface area (Å²) in [4.78, 5) is 22.8. The molecule has 0 spiro atoms. The molecule has 0 aromatic heterocycles. The number of amides is 1. The molecule has 3 atom stereocenters. The van der Waals surface area contributed by atoms with Crippen LogP contribution in [0.2, 0.25) is 0 Å². The van der Waals surface area contributed by atoms with Crippen molar-refractivity contribution in [2.45, 2.75) is 39.2 Å². The number of hydrogen-bond acceptors (Lipinski definition) is 2. The predicted molar refractivity (Wildman–Crippen MR) is 58.7 cm³/mol. The Labute approximate surface area is 95.4 Å². The Hall–Kier alpha value is -1.06. The van der Waals surface area contributed by atoms with Gasteiger partial charge >= 0.3 is 5.97 Å². The Morgan fingerprint density at radius 1 is 1.19 bits per heavy atom. The van der Waals surface area contributed by atoms with E-state index >= 15 is 0 Å². The normalized spacial score (nSPS) is 33.3. The second-order valence-corrected chi connectivity index (χ2v) is 5.49. The number of carboxylic acid groups (broad SMARTS) is 1. The highest BCUT2D eigenvalue weighted by Crippen LogP contribution is 2.54. The van der Waals surface area contributed by atoms with Gasteiger partial charge in [-0.05, 0) is 37.0 Å². The first-order chi connectivity index (χ1) is 7.49. The van der Waals surface area contributed by atoms with Gasteiger partial charge < -0.3 is 10.4 Å². The number of hydrogen-bond donors (Lipinski definition) is 2. The average Bonchev–Trinajstić information content (AvgIpc) is 2.81. The van der Waals surface area contributed by atoms with E-state index in [0.717, 1.165) is 24.7 Å². The van der Waals surface area contributed by atoms with Gasteiger partial charge in [-0.3, -0.25) is 4.79 Å². The number of aliphatic carboxylic acids is 1. The molecule has 2 saturated carbocycles. The van der Waals surface area contributed by atoms with E-state index < -0.39 is 12.0 Å². The highest BCUT2D eigenvalue weighted by molar-refractivity contribution is 5.85. The maximum Gasteiger partial charge on any atom is 0.326 e. The third kappa shape index (κ3) is 2.20. The lowest BCUT2D eigenvalue weighted by Gasteiger charge is -2.20. The van der Waals surface area contributed by atoms with Crippen molar-refractivity contribution in [1.29, 1.82) is 0 Å². The highest BCUT2D eigenvalue weighted by atomic mass is 16.4. The lowest BCUT2D eigenvalue weighted by Crippen LogP contribution is -2.46. The molecule has 1 amide bonds. The Kier molecular flexibility index (Phi) is 2.91. The van der Waals surface area contributed by atoms with Gasteiger partial charge in [-0.2, -0.15) is 0 Å². The number of carbonyl (C=O) groups is 2. The summed E-state index contributed by atoms with van der Waals surface area (Å²) in [6.45, 7) is 3.62. The van der Waals surface area contributed by atoms with E-state index in [-0.39, 0.29) is 17.7 Å². The van der Waals surface area contributed by atoms with Crippen LogP contribution in [0.3, 0.4) is 0 Å². The second-order valence-electron chi connectivity index (χ2n) is 5.49. The molecular weight excluding hydrogens is 206 g/mol. The number of fused-ring (bicyclic) bond motifs is 1. The minimum Gasteiger partial charge on any atom is -0.480 e. The molecule has 2 aliphatic rings. The average molecular weight is 225 g/mol. The summed E-state index contributed by atoms with van der Waals surface area (Å²) in [6.07, 6.45) is 3.19. The molecule has 2 unspecified atom stereocenters. The molecule has 4 nitrogen and oxygen atoms in total. The van der Waals surface area contributed by atoms with Crippen molar-refractivity contribution in [2.24, 2.45) is 23.7 Å². The number of nitrogens with one attached hydrogen (secondary N) is 1. The van der Waals surface area contributed by atoms with Crippen LogP contribution in [-0.2, 0) is 9.59 Å². The Balaban J connectivity index is 1.87. The fourth-order valence-corrected chi connectivity index (χ4v) is 2.71. The van der Waals surface area contributed by atoms with E-state index in [0.29, 0.717) is 0 Å². The topological polar surface area (TPSA) is 66.4 Å². The van der Waals surface area contributed by atoms with Gasteiger partial charge in [-0.15, -0.1) is 0 Å². The van der Waals surface area contributed by atoms with Gasteiger partial charge in [0.05, 0.1) is 0 Å². The van der Waals surface area contributed by atoms with E-state index in [1.54, 1.807) is 0 Å². The largest absolute Gasteiger partial charge is 0.480 e. The summed E-state index contributed by atoms with van der Waals surface area (Å²) in [6, 6.07) is -0.746. The molecule has 2 N–H and O–H groups in total. The number of carbonyl (C=O) groups excluding carboxylic acids is 1. The van der Waals surface area contributed by atoms with Crippen molar-refractivity contribution in [2.75, 3.05) is 0 Å². The zero-order valence-electron chi connectivity index (χ0n) is 9.77. The van der Waals surface area contributed by atoms with Gasteiger partial charge in [0, 0.05) is 5.92 Å². The summed E-state index contributed by atoms with van der Waals surface area (Å²) in [5.74, 6) is 0.484. The van der Waals surface area contributed by atoms with E-state index in [1.807, 2.05) is 13.8 Å². The van der Waals surface area contributed by atoms with Gasteiger partial charge in [-0.25, -0.2) is 4.79 Å². The highest BCUT2D eigenvalue weighted by Gasteiger charge is 2.48. The minimum atomic E-state index is -0.938. The summed E-state index contributed by atoms with van der Waals surface area (Å²) >= 11 is 0. The van der Waals surface area contributed by atoms with Gasteiger partial charge in [0.15, 0.2) is 0 Å². The van der Waals surface area contributed by atoms with Crippen molar-refractivity contribution in [3.05, 3.63) is 0 Å². The third-order valence-corrected chi connectivity index (χ3v) is 3.84. The van der Waals surface area contributed by atoms with E-state index in [4.69, 9.17) is 5.11 Å². The molecule has 0 heterocycles. The van der Waals surface area contributed by atoms with E-state index in [2.05, 4.69) is 5.32 Å². The first-order valence-corrected chi connectivity index (χ1v) is 6.02. The quantitative estimate of drug-likeness (QED) is 0.757. The van der Waals surface area contributed by atoms with Crippen LogP contribution in [0.5, 0.6) is 0 Å². The van der Waals surface area contributed by atoms with Crippen LogP contribution in [0.25, 0.3) is 0 Å². The molecule has 90 valence electrons. The van der Waals surface area contributed by atoms with Crippen LogP contribution in [0.4, 0.5) is 0 Å². The molecule has 2 rings (SSSR count). The first kappa shape index (κ1) is 11.4. The van der Waals surface area contributed by atoms with Gasteiger partial charge in [-0.1, -0.05) is 13.8 Å². The van der Waals surface area contributed by atoms with Crippen LogP contribution in [-0.4, -0.2) is 23.0 Å². The fraction of sp³-hybridized carbons (Fsp3) is 0.833. The Morgan fingerprint density at radius 2 is 1.75 bits per heavy atom.